The van der Waals surface area contributed by atoms with Crippen LogP contribution in [0.15, 0.2) is 288 Å². The number of thiophene rings is 2. The number of rotatable bonds is 2. The van der Waals surface area contributed by atoms with Crippen molar-refractivity contribution in [2.75, 3.05) is 0 Å². The summed E-state index contributed by atoms with van der Waals surface area (Å²) in [5, 5.41) is 15.7. The Kier molecular flexibility index (Phi) is 18.3. The molecule has 6 heterocycles. The normalized spacial score (nSPS) is 11.3. The molecule has 20 aromatic rings. The molecule has 0 saturated carbocycles. The number of aromatic nitrogens is 2. The van der Waals surface area contributed by atoms with E-state index in [1.807, 2.05) is 34.8 Å². The molecule has 0 amide bonds. The topological polar surface area (TPSA) is 36.1 Å². The molecule has 6 aromatic heterocycles. The standard InChI is InChI=1S/2C20H17N.2C14H12O.2C14H12S/c1-14-8-10-19-17(12-14)18-13-15(2)9-11-20(18)21(19)16-6-4-3-5-7-16;1-14-8-10-17-18-11-9-15(2)13-20(18)21(19(17)12-14)16-6-4-3-5-7-16;1-9-3-5-13-11(7-9)12-8-10(2)4-6-14(12)15-13;1-9-3-5-11-12-6-4-10(2)8-14(12)15-13(11)7-9;1-9-3-5-13-11(7-9)12-8-10(2)4-6-14(12)15-13;1-9-3-5-11-12-6-4-10(2)8-14(12)15-13(11)7-9/h2*3-13H,1-2H3;4*3-8H,1-2H3. The summed E-state index contributed by atoms with van der Waals surface area (Å²) in [6.45, 7) is 25.6. The molecule has 0 N–H and O–H groups in total. The molecule has 0 aliphatic rings. The van der Waals surface area contributed by atoms with Crippen molar-refractivity contribution in [3.63, 3.8) is 0 Å². The van der Waals surface area contributed by atoms with Gasteiger partial charge in [-0.1, -0.05) is 179 Å². The number of benzene rings is 14. The minimum absolute atomic E-state index is 0.973. The van der Waals surface area contributed by atoms with E-state index in [1.54, 1.807) is 0 Å². The predicted molar refractivity (Wildman–Crippen MR) is 445 cm³/mol. The lowest BCUT2D eigenvalue weighted by atomic mass is 10.1. The van der Waals surface area contributed by atoms with Gasteiger partial charge in [0.1, 0.15) is 22.3 Å². The quantitative estimate of drug-likeness (QED) is 0.173. The Morgan fingerprint density at radius 3 is 0.882 bits per heavy atom. The van der Waals surface area contributed by atoms with E-state index >= 15 is 0 Å². The Labute approximate surface area is 604 Å². The van der Waals surface area contributed by atoms with Crippen molar-refractivity contribution in [3.05, 3.63) is 346 Å². The van der Waals surface area contributed by atoms with Crippen LogP contribution in [-0.2, 0) is 0 Å². The van der Waals surface area contributed by atoms with E-state index in [2.05, 4.69) is 359 Å². The van der Waals surface area contributed by atoms with Gasteiger partial charge in [0, 0.05) is 94.8 Å². The molecular weight excluding hydrogens is 1280 g/mol. The van der Waals surface area contributed by atoms with Crippen LogP contribution in [0.25, 0.3) is 139 Å². The maximum Gasteiger partial charge on any atom is 0.135 e. The lowest BCUT2D eigenvalue weighted by Crippen LogP contribution is -1.93. The number of furan rings is 2. The fraction of sp³-hybridized carbons (Fsp3) is 0.125. The zero-order chi connectivity index (χ0) is 70.4. The molecule has 0 fully saturated rings. The minimum atomic E-state index is 0.973. The summed E-state index contributed by atoms with van der Waals surface area (Å²) >= 11 is 3.77. The maximum atomic E-state index is 5.81. The third-order valence-electron chi connectivity index (χ3n) is 19.3. The van der Waals surface area contributed by atoms with Gasteiger partial charge in [0.2, 0.25) is 0 Å². The lowest BCUT2D eigenvalue weighted by Gasteiger charge is -2.08. The Morgan fingerprint density at radius 2 is 0.471 bits per heavy atom. The molecule has 0 aliphatic heterocycles. The summed E-state index contributed by atoms with van der Waals surface area (Å²) in [6.07, 6.45) is 0. The van der Waals surface area contributed by atoms with Crippen molar-refractivity contribution < 1.29 is 8.83 Å². The van der Waals surface area contributed by atoms with Crippen molar-refractivity contribution in [2.45, 2.75) is 83.1 Å². The monoisotopic (exact) mass is 1360 g/mol. The van der Waals surface area contributed by atoms with Gasteiger partial charge < -0.3 is 18.0 Å². The van der Waals surface area contributed by atoms with Crippen molar-refractivity contribution >= 4 is 151 Å². The summed E-state index contributed by atoms with van der Waals surface area (Å²) in [5.41, 5.74) is 27.0. The molecule has 4 nitrogen and oxygen atoms in total. The average Bonchev–Trinajstić information content (AvgIpc) is 1.64. The van der Waals surface area contributed by atoms with E-state index in [0.29, 0.717) is 0 Å². The summed E-state index contributed by atoms with van der Waals surface area (Å²) < 4.78 is 21.9. The second-order valence-corrected chi connectivity index (χ2v) is 30.0. The first-order valence-electron chi connectivity index (χ1n) is 35.2. The van der Waals surface area contributed by atoms with Gasteiger partial charge in [0.05, 0.1) is 22.1 Å². The van der Waals surface area contributed by atoms with E-state index < -0.39 is 0 Å². The third kappa shape index (κ3) is 13.5. The van der Waals surface area contributed by atoms with Gasteiger partial charge in [0.15, 0.2) is 0 Å². The highest BCUT2D eigenvalue weighted by molar-refractivity contribution is 7.26. The van der Waals surface area contributed by atoms with E-state index in [4.69, 9.17) is 8.83 Å². The van der Waals surface area contributed by atoms with Crippen LogP contribution in [0.1, 0.15) is 66.8 Å². The predicted octanol–water partition coefficient (Wildman–Crippen LogP) is 28.5. The van der Waals surface area contributed by atoms with Crippen LogP contribution in [0.3, 0.4) is 0 Å². The van der Waals surface area contributed by atoms with E-state index in [9.17, 15) is 0 Å². The minimum Gasteiger partial charge on any atom is -0.456 e. The fourth-order valence-electron chi connectivity index (χ4n) is 14.2. The van der Waals surface area contributed by atoms with Crippen LogP contribution in [0.4, 0.5) is 0 Å². The van der Waals surface area contributed by atoms with Crippen LogP contribution in [0, 0.1) is 83.1 Å². The summed E-state index contributed by atoms with van der Waals surface area (Å²) in [4.78, 5) is 0. The van der Waals surface area contributed by atoms with Gasteiger partial charge in [0.25, 0.3) is 0 Å². The van der Waals surface area contributed by atoms with Crippen molar-refractivity contribution in [3.8, 4) is 11.4 Å². The summed E-state index contributed by atoms with van der Waals surface area (Å²) in [5.74, 6) is 0. The van der Waals surface area contributed by atoms with E-state index in [1.165, 1.54) is 184 Å². The van der Waals surface area contributed by atoms with E-state index in [0.717, 1.165) is 22.3 Å². The molecule has 0 saturated heterocycles. The van der Waals surface area contributed by atoms with Crippen molar-refractivity contribution in [1.82, 2.24) is 9.13 Å². The fourth-order valence-corrected chi connectivity index (χ4v) is 16.6. The Bertz CT molecular complexity index is 5950. The average molecular weight is 1360 g/mol. The van der Waals surface area contributed by atoms with Gasteiger partial charge in [-0.05, 0) is 250 Å². The Balaban J connectivity index is 0.0000000996. The Hall–Kier alpha value is -11.3. The molecule has 0 bridgehead atoms. The first kappa shape index (κ1) is 66.6. The molecule has 0 radical (unpaired) electrons. The molecular formula is C96H82N2O2S2. The van der Waals surface area contributed by atoms with Crippen LogP contribution in [-0.4, -0.2) is 9.13 Å². The molecule has 0 unspecified atom stereocenters. The van der Waals surface area contributed by atoms with Gasteiger partial charge in [-0.2, -0.15) is 0 Å². The second-order valence-electron chi connectivity index (χ2n) is 27.8. The highest BCUT2D eigenvalue weighted by Crippen LogP contribution is 2.39. The van der Waals surface area contributed by atoms with Gasteiger partial charge in [-0.25, -0.2) is 0 Å². The van der Waals surface area contributed by atoms with Gasteiger partial charge in [-0.3, -0.25) is 0 Å². The first-order chi connectivity index (χ1) is 49.4. The SMILES string of the molecule is Cc1ccc2c(c1)c1cc(C)ccc1n2-c1ccccc1.Cc1ccc2c(c1)oc1cc(C)ccc12.Cc1ccc2c(c1)sc1cc(C)ccc12.Cc1ccc2c3ccc(C)cc3n(-c3ccccc3)c2c1.Cc1ccc2oc3ccc(C)cc3c2c1.Cc1ccc2sc3ccc(C)cc3c2c1. The smallest absolute Gasteiger partial charge is 0.135 e. The zero-order valence-corrected chi connectivity index (χ0v) is 61.7. The van der Waals surface area contributed by atoms with Crippen molar-refractivity contribution in [1.29, 1.82) is 0 Å². The molecule has 0 atom stereocenters. The van der Waals surface area contributed by atoms with Gasteiger partial charge >= 0.3 is 0 Å². The van der Waals surface area contributed by atoms with Crippen molar-refractivity contribution in [2.24, 2.45) is 0 Å². The molecule has 102 heavy (non-hydrogen) atoms. The highest BCUT2D eigenvalue weighted by atomic mass is 32.1. The summed E-state index contributed by atoms with van der Waals surface area (Å²) in [7, 11) is 0. The number of nitrogens with zero attached hydrogens (tertiary/aromatic N) is 2. The maximum absolute atomic E-state index is 5.81. The molecule has 0 aliphatic carbocycles. The highest BCUT2D eigenvalue weighted by Gasteiger charge is 2.16. The number of para-hydroxylation sites is 2. The molecule has 20 rings (SSSR count). The summed E-state index contributed by atoms with van der Waals surface area (Å²) in [6, 6.07) is 100. The molecule has 14 aromatic carbocycles. The number of hydrogen-bond donors (Lipinski definition) is 0. The van der Waals surface area contributed by atoms with Crippen LogP contribution < -0.4 is 0 Å². The third-order valence-corrected chi connectivity index (χ3v) is 21.6. The second kappa shape index (κ2) is 28.0. The number of aryl methyl sites for hydroxylation is 12. The molecule has 6 heteroatoms. The van der Waals surface area contributed by atoms with Gasteiger partial charge in [-0.15, -0.1) is 22.7 Å². The van der Waals surface area contributed by atoms with Crippen LogP contribution in [0.5, 0.6) is 0 Å². The van der Waals surface area contributed by atoms with E-state index in [-0.39, 0.29) is 0 Å². The first-order valence-corrected chi connectivity index (χ1v) is 36.8. The molecule has 500 valence electrons. The number of hydrogen-bond acceptors (Lipinski definition) is 4. The Morgan fingerprint density at radius 1 is 0.186 bits per heavy atom. The van der Waals surface area contributed by atoms with Crippen LogP contribution >= 0.6 is 22.7 Å². The van der Waals surface area contributed by atoms with Crippen LogP contribution in [0.2, 0.25) is 0 Å². The lowest BCUT2D eigenvalue weighted by molar-refractivity contribution is 0.668. The zero-order valence-electron chi connectivity index (χ0n) is 60.1. The largest absolute Gasteiger partial charge is 0.456 e. The number of fused-ring (bicyclic) bond motifs is 18. The molecule has 0 spiro atoms.